The fraction of sp³-hybridized carbons (Fsp3) is 0.393. The van der Waals surface area contributed by atoms with Crippen molar-refractivity contribution in [2.45, 2.75) is 59.1 Å². The Morgan fingerprint density at radius 3 is 2.70 bits per heavy atom. The van der Waals surface area contributed by atoms with Crippen molar-refractivity contribution in [2.75, 3.05) is 13.7 Å². The lowest BCUT2D eigenvalue weighted by Gasteiger charge is -2.24. The summed E-state index contributed by atoms with van der Waals surface area (Å²) in [7, 11) is 1.60. The Morgan fingerprint density at radius 2 is 2.03 bits per heavy atom. The zero-order valence-corrected chi connectivity index (χ0v) is 23.4. The van der Waals surface area contributed by atoms with Crippen LogP contribution in [0.2, 0.25) is 0 Å². The van der Waals surface area contributed by atoms with E-state index in [1.54, 1.807) is 32.4 Å². The summed E-state index contributed by atoms with van der Waals surface area (Å²) in [4.78, 5) is 32.8. The van der Waals surface area contributed by atoms with Crippen LogP contribution in [0.4, 0.5) is 0 Å². The maximum Gasteiger partial charge on any atom is 0.338 e. The number of thiophene rings is 1. The number of methoxy groups -OCH3 is 1. The standard InChI is InChI=1S/C28H32N2O5S2/c1-6-7-8-13-34-20-12-11-19(15-21(20)33-5)16-23-26(31)30-25(22-10-9-14-36-22)24(27(32)35-17(2)3)18(4)29-28(30)37-23/h9-12,14-17,25H,6-8,13H2,1-5H3/b23-16+/t25-/m0/s1. The van der Waals surface area contributed by atoms with Gasteiger partial charge in [-0.05, 0) is 62.4 Å². The van der Waals surface area contributed by atoms with E-state index in [0.29, 0.717) is 38.7 Å². The van der Waals surface area contributed by atoms with Crippen LogP contribution < -0.4 is 24.4 Å². The summed E-state index contributed by atoms with van der Waals surface area (Å²) in [6, 6.07) is 8.89. The number of allylic oxidation sites excluding steroid dienone is 1. The summed E-state index contributed by atoms with van der Waals surface area (Å²) in [6.45, 7) is 8.18. The molecule has 1 aliphatic rings. The molecule has 196 valence electrons. The van der Waals surface area contributed by atoms with Crippen LogP contribution in [0, 0.1) is 0 Å². The molecule has 0 radical (unpaired) electrons. The lowest BCUT2D eigenvalue weighted by molar-refractivity contribution is -0.143. The van der Waals surface area contributed by atoms with E-state index in [1.807, 2.05) is 41.8 Å². The SMILES string of the molecule is CCCCCOc1ccc(/C=c2/sc3n(c2=O)[C@@H](c2cccs2)C(C(=O)OC(C)C)=C(C)N=3)cc1OC. The van der Waals surface area contributed by atoms with Crippen molar-refractivity contribution in [3.63, 3.8) is 0 Å². The van der Waals surface area contributed by atoms with Crippen molar-refractivity contribution in [3.8, 4) is 11.5 Å². The third-order valence-electron chi connectivity index (χ3n) is 5.89. The fourth-order valence-corrected chi connectivity index (χ4v) is 6.03. The predicted octanol–water partition coefficient (Wildman–Crippen LogP) is 4.83. The van der Waals surface area contributed by atoms with Gasteiger partial charge in [0.25, 0.3) is 5.56 Å². The first-order valence-electron chi connectivity index (χ1n) is 12.4. The van der Waals surface area contributed by atoms with Gasteiger partial charge in [-0.1, -0.05) is 43.2 Å². The highest BCUT2D eigenvalue weighted by atomic mass is 32.1. The number of aromatic nitrogens is 1. The second kappa shape index (κ2) is 11.9. The van der Waals surface area contributed by atoms with Crippen LogP contribution in [0.3, 0.4) is 0 Å². The molecule has 0 unspecified atom stereocenters. The highest BCUT2D eigenvalue weighted by Crippen LogP contribution is 2.33. The Hall–Kier alpha value is -3.17. The molecule has 7 nitrogen and oxygen atoms in total. The number of fused-ring (bicyclic) bond motifs is 1. The van der Waals surface area contributed by atoms with Gasteiger partial charge in [0.15, 0.2) is 16.3 Å². The molecule has 4 rings (SSSR count). The number of benzene rings is 1. The number of carbonyl (C=O) groups excluding carboxylic acids is 1. The van der Waals surface area contributed by atoms with Crippen molar-refractivity contribution in [1.82, 2.24) is 4.57 Å². The first-order valence-corrected chi connectivity index (χ1v) is 14.1. The monoisotopic (exact) mass is 540 g/mol. The Morgan fingerprint density at radius 1 is 1.22 bits per heavy atom. The summed E-state index contributed by atoms with van der Waals surface area (Å²) in [5.41, 5.74) is 1.55. The van der Waals surface area contributed by atoms with E-state index >= 15 is 0 Å². The molecule has 1 atom stereocenters. The van der Waals surface area contributed by atoms with E-state index in [0.717, 1.165) is 29.7 Å². The molecule has 0 aliphatic carbocycles. The molecule has 0 fully saturated rings. The Labute approximate surface area is 224 Å². The van der Waals surface area contributed by atoms with Crippen LogP contribution in [-0.2, 0) is 9.53 Å². The zero-order chi connectivity index (χ0) is 26.5. The maximum atomic E-state index is 13.7. The van der Waals surface area contributed by atoms with Gasteiger partial charge >= 0.3 is 5.97 Å². The third-order valence-corrected chi connectivity index (χ3v) is 7.80. The van der Waals surface area contributed by atoms with Crippen LogP contribution in [0.15, 0.2) is 56.8 Å². The number of esters is 1. The van der Waals surface area contributed by atoms with Gasteiger partial charge in [-0.2, -0.15) is 0 Å². The molecule has 0 N–H and O–H groups in total. The Balaban J connectivity index is 1.75. The first kappa shape index (κ1) is 26.9. The number of thiazole rings is 1. The molecule has 3 aromatic rings. The van der Waals surface area contributed by atoms with Gasteiger partial charge in [0, 0.05) is 4.88 Å². The largest absolute Gasteiger partial charge is 0.493 e. The number of unbranched alkanes of at least 4 members (excludes halogenated alkanes) is 2. The molecule has 1 aliphatic heterocycles. The van der Waals surface area contributed by atoms with Crippen LogP contribution in [-0.4, -0.2) is 30.4 Å². The van der Waals surface area contributed by atoms with Crippen molar-refractivity contribution in [1.29, 1.82) is 0 Å². The topological polar surface area (TPSA) is 79.1 Å². The molecule has 0 bridgehead atoms. The minimum absolute atomic E-state index is 0.205. The summed E-state index contributed by atoms with van der Waals surface area (Å²) < 4.78 is 19.1. The van der Waals surface area contributed by atoms with Gasteiger partial charge in [0.05, 0.1) is 35.6 Å². The number of hydrogen-bond acceptors (Lipinski definition) is 8. The minimum Gasteiger partial charge on any atom is -0.493 e. The Bertz CT molecular complexity index is 1460. The average Bonchev–Trinajstić information content (AvgIpc) is 3.49. The summed E-state index contributed by atoms with van der Waals surface area (Å²) in [5.74, 6) is 0.839. The van der Waals surface area contributed by atoms with E-state index in [-0.39, 0.29) is 11.7 Å². The van der Waals surface area contributed by atoms with Crippen LogP contribution >= 0.6 is 22.7 Å². The predicted molar refractivity (Wildman–Crippen MR) is 147 cm³/mol. The second-order valence-corrected chi connectivity index (χ2v) is 11.0. The molecule has 0 saturated heterocycles. The van der Waals surface area contributed by atoms with Gasteiger partial charge in [-0.25, -0.2) is 9.79 Å². The molecular weight excluding hydrogens is 508 g/mol. The Kier molecular flexibility index (Phi) is 8.66. The van der Waals surface area contributed by atoms with Gasteiger partial charge in [-0.15, -0.1) is 11.3 Å². The van der Waals surface area contributed by atoms with Crippen molar-refractivity contribution in [3.05, 3.63) is 77.1 Å². The summed E-state index contributed by atoms with van der Waals surface area (Å²) in [6.07, 6.45) is 4.77. The van der Waals surface area contributed by atoms with Gasteiger partial charge < -0.3 is 14.2 Å². The molecule has 37 heavy (non-hydrogen) atoms. The second-order valence-electron chi connectivity index (χ2n) is 9.02. The third kappa shape index (κ3) is 5.88. The van der Waals surface area contributed by atoms with E-state index in [9.17, 15) is 9.59 Å². The normalized spacial score (nSPS) is 15.5. The summed E-state index contributed by atoms with van der Waals surface area (Å²) >= 11 is 2.79. The smallest absolute Gasteiger partial charge is 0.338 e. The van der Waals surface area contributed by atoms with E-state index in [1.165, 1.54) is 22.7 Å². The quantitative estimate of drug-likeness (QED) is 0.272. The van der Waals surface area contributed by atoms with Gasteiger partial charge in [0.2, 0.25) is 0 Å². The molecular formula is C28H32N2O5S2. The molecule has 3 heterocycles. The molecule has 0 spiro atoms. The highest BCUT2D eigenvalue weighted by Gasteiger charge is 2.34. The number of carbonyl (C=O) groups is 1. The molecule has 0 amide bonds. The molecule has 1 aromatic carbocycles. The van der Waals surface area contributed by atoms with Crippen molar-refractivity contribution >= 4 is 34.7 Å². The van der Waals surface area contributed by atoms with Crippen LogP contribution in [0.25, 0.3) is 6.08 Å². The van der Waals surface area contributed by atoms with Crippen molar-refractivity contribution in [2.24, 2.45) is 4.99 Å². The highest BCUT2D eigenvalue weighted by molar-refractivity contribution is 7.10. The molecule has 2 aromatic heterocycles. The fourth-order valence-electron chi connectivity index (χ4n) is 4.16. The number of rotatable bonds is 10. The molecule has 0 saturated carbocycles. The van der Waals surface area contributed by atoms with E-state index in [4.69, 9.17) is 14.2 Å². The number of hydrogen-bond donors (Lipinski definition) is 0. The minimum atomic E-state index is -0.585. The molecule has 9 heteroatoms. The lowest BCUT2D eigenvalue weighted by Crippen LogP contribution is -2.39. The van der Waals surface area contributed by atoms with Crippen LogP contribution in [0.5, 0.6) is 11.5 Å². The van der Waals surface area contributed by atoms with Gasteiger partial charge in [0.1, 0.15) is 6.04 Å². The first-order chi connectivity index (χ1) is 17.8. The average molecular weight is 541 g/mol. The lowest BCUT2D eigenvalue weighted by atomic mass is 10.0. The summed E-state index contributed by atoms with van der Waals surface area (Å²) in [5, 5.41) is 1.93. The zero-order valence-electron chi connectivity index (χ0n) is 21.8. The number of nitrogens with zero attached hydrogens (tertiary/aromatic N) is 2. The maximum absolute atomic E-state index is 13.7. The number of ether oxygens (including phenoxy) is 3. The van der Waals surface area contributed by atoms with E-state index in [2.05, 4.69) is 11.9 Å². The van der Waals surface area contributed by atoms with E-state index < -0.39 is 12.0 Å². The van der Waals surface area contributed by atoms with Crippen molar-refractivity contribution < 1.29 is 19.0 Å². The van der Waals surface area contributed by atoms with Gasteiger partial charge in [-0.3, -0.25) is 9.36 Å². The van der Waals surface area contributed by atoms with Crippen LogP contribution in [0.1, 0.15) is 63.4 Å².